The van der Waals surface area contributed by atoms with Gasteiger partial charge in [-0.15, -0.1) is 0 Å². The van der Waals surface area contributed by atoms with E-state index < -0.39 is 0 Å². The van der Waals surface area contributed by atoms with Gasteiger partial charge >= 0.3 is 0 Å². The quantitative estimate of drug-likeness (QED) is 0.209. The first kappa shape index (κ1) is 24.1. The van der Waals surface area contributed by atoms with Gasteiger partial charge < -0.3 is 4.57 Å². The molecule has 1 aromatic heterocycles. The normalized spacial score (nSPS) is 12.8. The monoisotopic (exact) mass is 540 g/mol. The van der Waals surface area contributed by atoms with Crippen molar-refractivity contribution in [2.45, 2.75) is 0 Å². The number of carbonyl (C=O) groups excluding carboxylic acids is 2. The summed E-state index contributed by atoms with van der Waals surface area (Å²) in [7, 11) is 0. The number of amides is 2. The van der Waals surface area contributed by atoms with E-state index in [-0.39, 0.29) is 11.8 Å². The van der Waals surface area contributed by atoms with Gasteiger partial charge in [-0.1, -0.05) is 121 Å². The molecular formula is C38H24N2O2. The molecule has 0 aliphatic carbocycles. The maximum absolute atomic E-state index is 14.7. The summed E-state index contributed by atoms with van der Waals surface area (Å²) in [6.07, 6.45) is 0. The summed E-state index contributed by atoms with van der Waals surface area (Å²) in [5, 5.41) is 2.19. The van der Waals surface area contributed by atoms with Crippen molar-refractivity contribution in [3.8, 4) is 27.9 Å². The molecular weight excluding hydrogens is 516 g/mol. The number of aromatic nitrogens is 1. The van der Waals surface area contributed by atoms with Crippen LogP contribution in [0.5, 0.6) is 0 Å². The lowest BCUT2D eigenvalue weighted by Gasteiger charge is -2.23. The molecule has 0 spiro atoms. The zero-order chi connectivity index (χ0) is 28.2. The molecule has 7 aromatic rings. The van der Waals surface area contributed by atoms with Crippen LogP contribution in [-0.4, -0.2) is 16.4 Å². The fraction of sp³-hybridized carbons (Fsp3) is 0. The molecule has 42 heavy (non-hydrogen) atoms. The largest absolute Gasteiger partial charge is 0.308 e. The molecule has 8 rings (SSSR count). The van der Waals surface area contributed by atoms with Crippen molar-refractivity contribution < 1.29 is 9.59 Å². The molecule has 0 atom stereocenters. The number of imide groups is 1. The minimum atomic E-state index is -0.326. The zero-order valence-corrected chi connectivity index (χ0v) is 22.6. The molecule has 0 unspecified atom stereocenters. The van der Waals surface area contributed by atoms with Gasteiger partial charge in [-0.05, 0) is 35.4 Å². The highest BCUT2D eigenvalue weighted by Crippen LogP contribution is 2.44. The van der Waals surface area contributed by atoms with E-state index >= 15 is 0 Å². The van der Waals surface area contributed by atoms with Crippen LogP contribution in [0.4, 0.5) is 5.69 Å². The average molecular weight is 541 g/mol. The van der Waals surface area contributed by atoms with E-state index in [0.29, 0.717) is 22.5 Å². The van der Waals surface area contributed by atoms with E-state index in [4.69, 9.17) is 0 Å². The molecule has 1 aliphatic rings. The summed E-state index contributed by atoms with van der Waals surface area (Å²) in [6.45, 7) is 0. The van der Waals surface area contributed by atoms with Crippen molar-refractivity contribution in [2.75, 3.05) is 4.90 Å². The average Bonchev–Trinajstić information content (AvgIpc) is 3.52. The number of hydrogen-bond acceptors (Lipinski definition) is 2. The molecule has 2 amide bonds. The minimum absolute atomic E-state index is 0.321. The lowest BCUT2D eigenvalue weighted by Crippen LogP contribution is -2.30. The number of nitrogens with zero attached hydrogens (tertiary/aromatic N) is 2. The first-order valence-corrected chi connectivity index (χ1v) is 14.0. The van der Waals surface area contributed by atoms with Crippen molar-refractivity contribution in [3.05, 3.63) is 157 Å². The van der Waals surface area contributed by atoms with Gasteiger partial charge in [0.1, 0.15) is 0 Å². The minimum Gasteiger partial charge on any atom is -0.308 e. The van der Waals surface area contributed by atoms with E-state index in [1.165, 1.54) is 4.90 Å². The number of hydrogen-bond donors (Lipinski definition) is 0. The third-order valence-electron chi connectivity index (χ3n) is 8.14. The van der Waals surface area contributed by atoms with Gasteiger partial charge in [-0.3, -0.25) is 9.59 Å². The molecule has 2 heterocycles. The van der Waals surface area contributed by atoms with Crippen LogP contribution in [-0.2, 0) is 0 Å². The van der Waals surface area contributed by atoms with Crippen molar-refractivity contribution in [2.24, 2.45) is 0 Å². The highest BCUT2D eigenvalue weighted by atomic mass is 16.2. The fourth-order valence-electron chi connectivity index (χ4n) is 6.32. The first-order valence-electron chi connectivity index (χ1n) is 14.0. The molecule has 0 saturated heterocycles. The Morgan fingerprint density at radius 2 is 0.881 bits per heavy atom. The van der Waals surface area contributed by atoms with Crippen LogP contribution >= 0.6 is 0 Å². The number of para-hydroxylation sites is 3. The Bertz CT molecular complexity index is 2070. The highest BCUT2D eigenvalue weighted by molar-refractivity contribution is 6.37. The van der Waals surface area contributed by atoms with E-state index in [9.17, 15) is 9.59 Å². The van der Waals surface area contributed by atoms with E-state index in [1.807, 2.05) is 115 Å². The van der Waals surface area contributed by atoms with Gasteiger partial charge in [-0.25, -0.2) is 4.90 Å². The topological polar surface area (TPSA) is 42.3 Å². The Morgan fingerprint density at radius 3 is 1.45 bits per heavy atom. The maximum Gasteiger partial charge on any atom is 0.268 e. The third-order valence-corrected chi connectivity index (χ3v) is 8.14. The molecule has 0 N–H and O–H groups in total. The van der Waals surface area contributed by atoms with Crippen molar-refractivity contribution in [1.29, 1.82) is 0 Å². The van der Waals surface area contributed by atoms with Crippen LogP contribution in [0.25, 0.3) is 49.7 Å². The third kappa shape index (κ3) is 3.49. The Hall–Kier alpha value is -5.74. The summed E-state index contributed by atoms with van der Waals surface area (Å²) in [5.74, 6) is -0.647. The van der Waals surface area contributed by atoms with Crippen molar-refractivity contribution >= 4 is 39.3 Å². The van der Waals surface area contributed by atoms with Crippen molar-refractivity contribution in [3.63, 3.8) is 0 Å². The van der Waals surface area contributed by atoms with Gasteiger partial charge in [0.2, 0.25) is 0 Å². The van der Waals surface area contributed by atoms with Crippen LogP contribution in [0.2, 0.25) is 0 Å². The summed E-state index contributed by atoms with van der Waals surface area (Å²) in [4.78, 5) is 30.4. The van der Waals surface area contributed by atoms with Crippen LogP contribution < -0.4 is 4.90 Å². The fourth-order valence-corrected chi connectivity index (χ4v) is 6.32. The number of carbonyl (C=O) groups is 2. The molecule has 1 aliphatic heterocycles. The lowest BCUT2D eigenvalue weighted by molar-refractivity contribution is 0.0926. The number of benzene rings is 6. The molecule has 0 radical (unpaired) electrons. The van der Waals surface area contributed by atoms with E-state index in [2.05, 4.69) is 28.8 Å². The Morgan fingerprint density at radius 1 is 0.405 bits per heavy atom. The molecule has 4 nitrogen and oxygen atoms in total. The molecule has 198 valence electrons. The highest BCUT2D eigenvalue weighted by Gasteiger charge is 2.41. The Balaban J connectivity index is 1.39. The van der Waals surface area contributed by atoms with E-state index in [0.717, 1.165) is 44.1 Å². The first-order chi connectivity index (χ1) is 20.7. The number of fused-ring (bicyclic) bond motifs is 4. The second-order valence-corrected chi connectivity index (χ2v) is 10.4. The number of rotatable bonds is 4. The number of anilines is 1. The zero-order valence-electron chi connectivity index (χ0n) is 22.6. The van der Waals surface area contributed by atoms with Gasteiger partial charge in [-0.2, -0.15) is 0 Å². The van der Waals surface area contributed by atoms with Gasteiger partial charge in [0, 0.05) is 21.9 Å². The molecule has 6 aromatic carbocycles. The smallest absolute Gasteiger partial charge is 0.268 e. The lowest BCUT2D eigenvalue weighted by atomic mass is 9.95. The Labute approximate surface area is 242 Å². The summed E-state index contributed by atoms with van der Waals surface area (Å²) >= 11 is 0. The van der Waals surface area contributed by atoms with Gasteiger partial charge in [0.15, 0.2) is 0 Å². The van der Waals surface area contributed by atoms with Crippen LogP contribution in [0.1, 0.15) is 20.7 Å². The van der Waals surface area contributed by atoms with Crippen LogP contribution in [0.15, 0.2) is 146 Å². The van der Waals surface area contributed by atoms with E-state index in [1.54, 1.807) is 6.07 Å². The van der Waals surface area contributed by atoms with Gasteiger partial charge in [0.05, 0.1) is 33.5 Å². The van der Waals surface area contributed by atoms with Gasteiger partial charge in [0.25, 0.3) is 11.8 Å². The SMILES string of the molecule is O=C1c2cccc(-n3c4ccccc4c4ccccc43)c2C(=O)N1c1c(-c2ccccc2)cccc1-c1ccccc1. The predicted octanol–water partition coefficient (Wildman–Crippen LogP) is 8.92. The summed E-state index contributed by atoms with van der Waals surface area (Å²) < 4.78 is 2.11. The second-order valence-electron chi connectivity index (χ2n) is 10.4. The van der Waals surface area contributed by atoms with Crippen LogP contribution in [0, 0.1) is 0 Å². The molecule has 0 saturated carbocycles. The second kappa shape index (κ2) is 9.43. The summed E-state index contributed by atoms with van der Waals surface area (Å²) in [6, 6.07) is 47.7. The molecule has 0 bridgehead atoms. The van der Waals surface area contributed by atoms with Crippen LogP contribution in [0.3, 0.4) is 0 Å². The standard InChI is InChI=1S/C38H24N2O2/c41-37-31-21-12-24-34(39-32-22-9-7-17-29(32)30-18-8-10-23-33(30)39)35(31)38(42)40(37)36-27(25-13-3-1-4-14-25)19-11-20-28(36)26-15-5-2-6-16-26/h1-24H. The molecule has 4 heteroatoms. The van der Waals surface area contributed by atoms with Crippen molar-refractivity contribution in [1.82, 2.24) is 4.57 Å². The molecule has 0 fully saturated rings. The maximum atomic E-state index is 14.7. The Kier molecular flexibility index (Phi) is 5.41. The predicted molar refractivity (Wildman–Crippen MR) is 169 cm³/mol. The summed E-state index contributed by atoms with van der Waals surface area (Å²) in [5.41, 5.74) is 7.60.